The van der Waals surface area contributed by atoms with Crippen LogP contribution in [0, 0.1) is 15.9 Å². The average Bonchev–Trinajstić information content (AvgIpc) is 2.36. The van der Waals surface area contributed by atoms with Gasteiger partial charge in [-0.2, -0.15) is 4.39 Å². The number of aliphatic hydroxyl groups is 1. The minimum absolute atomic E-state index is 0.0518. The van der Waals surface area contributed by atoms with Crippen molar-refractivity contribution in [2.24, 2.45) is 0 Å². The minimum Gasteiger partial charge on any atom is -0.479 e. The van der Waals surface area contributed by atoms with Gasteiger partial charge in [0.1, 0.15) is 0 Å². The first-order valence-corrected chi connectivity index (χ1v) is 6.10. The van der Waals surface area contributed by atoms with Gasteiger partial charge in [-0.3, -0.25) is 10.1 Å². The normalized spacial score (nSPS) is 14.7. The van der Waals surface area contributed by atoms with Crippen LogP contribution in [0.2, 0.25) is 0 Å². The third-order valence-corrected chi connectivity index (χ3v) is 3.37. The minimum atomic E-state index is -3.55. The molecule has 6 nitrogen and oxygen atoms in total. The summed E-state index contributed by atoms with van der Waals surface area (Å²) in [5.41, 5.74) is -5.40. The summed E-state index contributed by atoms with van der Waals surface area (Å²) in [4.78, 5) is 20.5. The number of halogens is 3. The molecule has 1 unspecified atom stereocenters. The Bertz CT molecular complexity index is 605. The summed E-state index contributed by atoms with van der Waals surface area (Å²) < 4.78 is 39.3. The molecule has 0 aromatic heterocycles. The van der Waals surface area contributed by atoms with Gasteiger partial charge in [0, 0.05) is 12.5 Å². The molecule has 1 rings (SSSR count). The summed E-state index contributed by atoms with van der Waals surface area (Å²) in [5, 5.41) is 29.0. The number of nitrogens with zero attached hydrogens (tertiary/aromatic N) is 1. The molecule has 0 radical (unpaired) electrons. The smallest absolute Gasteiger partial charge is 0.341 e. The Balaban J connectivity index is 3.21. The van der Waals surface area contributed by atoms with Crippen LogP contribution in [0.25, 0.3) is 0 Å². The molecule has 0 aliphatic heterocycles. The van der Waals surface area contributed by atoms with Crippen molar-refractivity contribution in [1.29, 1.82) is 0 Å². The molecule has 22 heavy (non-hydrogen) atoms. The standard InChI is InChI=1S/C13H14F3NO5/c1-12(2,6-13(20,10(15)16)11(18)19)7-3-4-9(17(21)22)8(14)5-7/h3-5,10,20H,6H2,1-2H3,(H,18,19). The highest BCUT2D eigenvalue weighted by Gasteiger charge is 2.49. The number of hydrogen-bond acceptors (Lipinski definition) is 4. The number of carboxylic acid groups (broad SMARTS) is 1. The molecule has 1 aromatic rings. The molecule has 1 atom stereocenters. The number of rotatable bonds is 6. The average molecular weight is 321 g/mol. The first-order chi connectivity index (χ1) is 9.91. The monoisotopic (exact) mass is 321 g/mol. The Morgan fingerprint density at radius 3 is 2.32 bits per heavy atom. The van der Waals surface area contributed by atoms with Crippen LogP contribution >= 0.6 is 0 Å². The van der Waals surface area contributed by atoms with Crippen LogP contribution in [0.4, 0.5) is 18.9 Å². The zero-order chi connectivity index (χ0) is 17.3. The molecule has 0 aliphatic carbocycles. The first kappa shape index (κ1) is 17.9. The van der Waals surface area contributed by atoms with E-state index in [9.17, 15) is 33.2 Å². The fourth-order valence-electron chi connectivity index (χ4n) is 2.10. The van der Waals surface area contributed by atoms with Gasteiger partial charge in [0.15, 0.2) is 0 Å². The van der Waals surface area contributed by atoms with Crippen LogP contribution in [0.1, 0.15) is 25.8 Å². The second kappa shape index (κ2) is 5.91. The van der Waals surface area contributed by atoms with Crippen LogP contribution in [0.5, 0.6) is 0 Å². The maximum absolute atomic E-state index is 13.6. The molecule has 0 aliphatic rings. The first-order valence-electron chi connectivity index (χ1n) is 6.10. The van der Waals surface area contributed by atoms with Crippen LogP contribution in [0.3, 0.4) is 0 Å². The summed E-state index contributed by atoms with van der Waals surface area (Å²) in [6.07, 6.45) is -4.45. The van der Waals surface area contributed by atoms with Crippen molar-refractivity contribution in [3.8, 4) is 0 Å². The van der Waals surface area contributed by atoms with E-state index < -0.39 is 46.3 Å². The fourth-order valence-corrected chi connectivity index (χ4v) is 2.10. The zero-order valence-electron chi connectivity index (χ0n) is 11.7. The van der Waals surface area contributed by atoms with Crippen molar-refractivity contribution >= 4 is 11.7 Å². The number of nitro groups is 1. The highest BCUT2D eigenvalue weighted by atomic mass is 19.3. The molecule has 0 bridgehead atoms. The zero-order valence-corrected chi connectivity index (χ0v) is 11.7. The van der Waals surface area contributed by atoms with Crippen molar-refractivity contribution in [2.75, 3.05) is 0 Å². The van der Waals surface area contributed by atoms with Gasteiger partial charge < -0.3 is 10.2 Å². The second-order valence-corrected chi connectivity index (χ2v) is 5.51. The molecule has 0 fully saturated rings. The topological polar surface area (TPSA) is 101 Å². The maximum Gasteiger partial charge on any atom is 0.341 e. The van der Waals surface area contributed by atoms with E-state index in [0.717, 1.165) is 18.2 Å². The van der Waals surface area contributed by atoms with Crippen LogP contribution < -0.4 is 0 Å². The summed E-state index contributed by atoms with van der Waals surface area (Å²) in [7, 11) is 0. The van der Waals surface area contributed by atoms with E-state index in [1.54, 1.807) is 0 Å². The number of alkyl halides is 2. The van der Waals surface area contributed by atoms with E-state index in [4.69, 9.17) is 5.11 Å². The van der Waals surface area contributed by atoms with Crippen molar-refractivity contribution in [3.05, 3.63) is 39.7 Å². The van der Waals surface area contributed by atoms with E-state index in [1.807, 2.05) is 0 Å². The van der Waals surface area contributed by atoms with Gasteiger partial charge in [-0.05, 0) is 17.0 Å². The molecule has 0 amide bonds. The van der Waals surface area contributed by atoms with Gasteiger partial charge in [-0.15, -0.1) is 0 Å². The van der Waals surface area contributed by atoms with Gasteiger partial charge in [-0.1, -0.05) is 19.9 Å². The number of aliphatic carboxylic acids is 1. The van der Waals surface area contributed by atoms with Gasteiger partial charge in [0.05, 0.1) is 4.92 Å². The SMILES string of the molecule is CC(C)(CC(O)(C(=O)O)C(F)F)c1ccc([N+](=O)[O-])c(F)c1. The van der Waals surface area contributed by atoms with Crippen molar-refractivity contribution in [3.63, 3.8) is 0 Å². The summed E-state index contributed by atoms with van der Waals surface area (Å²) in [6, 6.07) is 2.76. The summed E-state index contributed by atoms with van der Waals surface area (Å²) >= 11 is 0. The number of carbonyl (C=O) groups is 1. The van der Waals surface area contributed by atoms with E-state index in [0.29, 0.717) is 0 Å². The molecule has 2 N–H and O–H groups in total. The van der Waals surface area contributed by atoms with Crippen molar-refractivity contribution < 1.29 is 33.1 Å². The Labute approximate surface area is 123 Å². The number of carboxylic acids is 1. The molecule has 122 valence electrons. The highest BCUT2D eigenvalue weighted by molar-refractivity contribution is 5.78. The van der Waals surface area contributed by atoms with Crippen LogP contribution in [0.15, 0.2) is 18.2 Å². The molecule has 0 saturated carbocycles. The van der Waals surface area contributed by atoms with Gasteiger partial charge in [-0.25, -0.2) is 13.6 Å². The lowest BCUT2D eigenvalue weighted by Gasteiger charge is -2.33. The van der Waals surface area contributed by atoms with Gasteiger partial charge in [0.2, 0.25) is 11.4 Å². The summed E-state index contributed by atoms with van der Waals surface area (Å²) in [5.74, 6) is -3.27. The Morgan fingerprint density at radius 2 is 1.95 bits per heavy atom. The van der Waals surface area contributed by atoms with Crippen molar-refractivity contribution in [2.45, 2.75) is 37.7 Å². The number of benzene rings is 1. The fraction of sp³-hybridized carbons (Fsp3) is 0.462. The second-order valence-electron chi connectivity index (χ2n) is 5.51. The van der Waals surface area contributed by atoms with E-state index in [1.165, 1.54) is 13.8 Å². The van der Waals surface area contributed by atoms with Crippen LogP contribution in [-0.2, 0) is 10.2 Å². The third-order valence-electron chi connectivity index (χ3n) is 3.37. The Morgan fingerprint density at radius 1 is 1.41 bits per heavy atom. The predicted octanol–water partition coefficient (Wildman–Crippen LogP) is 2.48. The molecule has 1 aromatic carbocycles. The Hall–Kier alpha value is -2.16. The number of nitro benzene ring substituents is 1. The quantitative estimate of drug-likeness (QED) is 0.619. The Kier molecular flexibility index (Phi) is 4.81. The predicted molar refractivity (Wildman–Crippen MR) is 69.3 cm³/mol. The third kappa shape index (κ3) is 3.35. The van der Waals surface area contributed by atoms with E-state index in [2.05, 4.69) is 0 Å². The highest BCUT2D eigenvalue weighted by Crippen LogP contribution is 2.36. The molecule has 0 saturated heterocycles. The molecular weight excluding hydrogens is 307 g/mol. The largest absolute Gasteiger partial charge is 0.479 e. The van der Waals surface area contributed by atoms with Crippen LogP contribution in [-0.4, -0.2) is 33.1 Å². The maximum atomic E-state index is 13.6. The molecule has 0 heterocycles. The lowest BCUT2D eigenvalue weighted by molar-refractivity contribution is -0.387. The van der Waals surface area contributed by atoms with Crippen molar-refractivity contribution in [1.82, 2.24) is 0 Å². The van der Waals surface area contributed by atoms with E-state index in [-0.39, 0.29) is 5.56 Å². The van der Waals surface area contributed by atoms with E-state index >= 15 is 0 Å². The lowest BCUT2D eigenvalue weighted by atomic mass is 9.75. The number of hydrogen-bond donors (Lipinski definition) is 2. The van der Waals surface area contributed by atoms with Gasteiger partial charge in [0.25, 0.3) is 6.43 Å². The van der Waals surface area contributed by atoms with Gasteiger partial charge >= 0.3 is 11.7 Å². The molecule has 9 heteroatoms. The molecular formula is C13H14F3NO5. The molecule has 0 spiro atoms. The lowest BCUT2D eigenvalue weighted by Crippen LogP contribution is -2.49. The summed E-state index contributed by atoms with van der Waals surface area (Å²) in [6.45, 7) is 2.65.